The van der Waals surface area contributed by atoms with Gasteiger partial charge >= 0.3 is 0 Å². The third kappa shape index (κ3) is 2.19. The summed E-state index contributed by atoms with van der Waals surface area (Å²) in [6, 6.07) is 2.70. The molecule has 0 N–H and O–H groups in total. The minimum Gasteiger partial charge on any atom is -0.318 e. The Bertz CT molecular complexity index is 802. The molecule has 0 bridgehead atoms. The molecule has 5 nitrogen and oxygen atoms in total. The number of imidazole rings is 1. The van der Waals surface area contributed by atoms with Crippen LogP contribution in [0.1, 0.15) is 12.2 Å². The molecule has 0 atom stereocenters. The Labute approximate surface area is 120 Å². The predicted octanol–water partition coefficient (Wildman–Crippen LogP) is 1.93. The summed E-state index contributed by atoms with van der Waals surface area (Å²) in [7, 11) is -2.79. The highest BCUT2D eigenvalue weighted by Gasteiger charge is 2.30. The number of hydrogen-bond acceptors (Lipinski definition) is 3. The smallest absolute Gasteiger partial charge is 0.281 e. The number of anilines is 1. The van der Waals surface area contributed by atoms with Crippen molar-refractivity contribution < 1.29 is 17.2 Å². The van der Waals surface area contributed by atoms with Gasteiger partial charge in [0.2, 0.25) is 0 Å². The van der Waals surface area contributed by atoms with E-state index in [1.807, 2.05) is 0 Å². The van der Waals surface area contributed by atoms with E-state index >= 15 is 0 Å². The van der Waals surface area contributed by atoms with Gasteiger partial charge in [0, 0.05) is 26.1 Å². The molecule has 0 aliphatic carbocycles. The van der Waals surface area contributed by atoms with E-state index in [1.165, 1.54) is 13.2 Å². The van der Waals surface area contributed by atoms with E-state index in [4.69, 9.17) is 0 Å². The maximum Gasteiger partial charge on any atom is 0.281 e. The van der Waals surface area contributed by atoms with Gasteiger partial charge in [-0.05, 0) is 18.6 Å². The van der Waals surface area contributed by atoms with Crippen LogP contribution in [0.2, 0.25) is 0 Å². The van der Waals surface area contributed by atoms with Gasteiger partial charge in [-0.25, -0.2) is 13.8 Å². The third-order valence-electron chi connectivity index (χ3n) is 3.56. The first-order valence-electron chi connectivity index (χ1n) is 6.39. The minimum atomic E-state index is -3.99. The van der Waals surface area contributed by atoms with Crippen molar-refractivity contribution >= 4 is 15.7 Å². The van der Waals surface area contributed by atoms with Crippen LogP contribution in [0, 0.1) is 11.6 Å². The monoisotopic (exact) mass is 313 g/mol. The second kappa shape index (κ2) is 4.80. The zero-order valence-corrected chi connectivity index (χ0v) is 12.1. The number of rotatable bonds is 3. The van der Waals surface area contributed by atoms with Crippen molar-refractivity contribution in [1.29, 1.82) is 0 Å². The normalized spacial score (nSPS) is 14.2. The summed E-state index contributed by atoms with van der Waals surface area (Å²) in [6.45, 7) is 0.559. The van der Waals surface area contributed by atoms with Gasteiger partial charge in [-0.15, -0.1) is 0 Å². The Balaban J connectivity index is 2.07. The highest BCUT2D eigenvalue weighted by Crippen LogP contribution is 2.27. The number of halogens is 2. The molecule has 2 heterocycles. The summed E-state index contributed by atoms with van der Waals surface area (Å²) in [5.41, 5.74) is -0.330. The number of aryl methyl sites for hydroxylation is 1. The fraction of sp³-hybridized carbons (Fsp3) is 0.308. The van der Waals surface area contributed by atoms with Crippen molar-refractivity contribution in [1.82, 2.24) is 9.55 Å². The summed E-state index contributed by atoms with van der Waals surface area (Å²) in [5.74, 6) is -0.808. The van der Waals surface area contributed by atoms with E-state index < -0.39 is 21.7 Å². The van der Waals surface area contributed by atoms with Gasteiger partial charge in [-0.3, -0.25) is 4.31 Å². The van der Waals surface area contributed by atoms with Crippen molar-refractivity contribution in [2.45, 2.75) is 24.4 Å². The number of hydrogen-bond donors (Lipinski definition) is 0. The molecule has 0 spiro atoms. The van der Waals surface area contributed by atoms with Gasteiger partial charge in [-0.1, -0.05) is 0 Å². The lowest BCUT2D eigenvalue weighted by atomic mass is 10.3. The molecule has 8 heteroatoms. The molecule has 0 unspecified atom stereocenters. The number of nitrogens with zero attached hydrogens (tertiary/aromatic N) is 3. The Morgan fingerprint density at radius 1 is 1.33 bits per heavy atom. The second-order valence-corrected chi connectivity index (χ2v) is 6.75. The van der Waals surface area contributed by atoms with Gasteiger partial charge in [0.25, 0.3) is 10.0 Å². The molecule has 0 saturated carbocycles. The number of benzene rings is 1. The van der Waals surface area contributed by atoms with Crippen LogP contribution in [-0.4, -0.2) is 25.0 Å². The van der Waals surface area contributed by atoms with Gasteiger partial charge < -0.3 is 4.57 Å². The van der Waals surface area contributed by atoms with E-state index in [2.05, 4.69) is 4.98 Å². The van der Waals surface area contributed by atoms with Crippen LogP contribution >= 0.6 is 0 Å². The van der Waals surface area contributed by atoms with E-state index in [0.29, 0.717) is 18.8 Å². The number of fused-ring (bicyclic) bond motifs is 1. The van der Waals surface area contributed by atoms with Gasteiger partial charge in [0.05, 0.1) is 11.9 Å². The molecular weight excluding hydrogens is 300 g/mol. The fourth-order valence-corrected chi connectivity index (χ4v) is 3.77. The number of aromatic nitrogens is 2. The average Bonchev–Trinajstić information content (AvgIpc) is 3.03. The van der Waals surface area contributed by atoms with E-state index in [-0.39, 0.29) is 10.7 Å². The fourth-order valence-electron chi connectivity index (χ4n) is 2.43. The standard InChI is InChI=1S/C13H13F2N3O2S/c1-17(11-7-9(14)4-5-10(11)15)21(19,20)13-8-16-12-3-2-6-18(12)13/h4-5,7-8H,2-3,6H2,1H3. The maximum atomic E-state index is 13.8. The summed E-state index contributed by atoms with van der Waals surface area (Å²) in [6.07, 6.45) is 2.80. The molecule has 0 fully saturated rings. The van der Waals surface area contributed by atoms with Crippen molar-refractivity contribution in [3.05, 3.63) is 41.9 Å². The molecule has 21 heavy (non-hydrogen) atoms. The first-order chi connectivity index (χ1) is 9.91. The molecule has 0 radical (unpaired) electrons. The van der Waals surface area contributed by atoms with Crippen molar-refractivity contribution in [3.63, 3.8) is 0 Å². The summed E-state index contributed by atoms with van der Waals surface area (Å²) in [5, 5.41) is 0.00108. The minimum absolute atomic E-state index is 0.00108. The molecule has 1 aliphatic rings. The van der Waals surface area contributed by atoms with Gasteiger partial charge in [-0.2, -0.15) is 8.42 Å². The van der Waals surface area contributed by atoms with Crippen LogP contribution in [0.25, 0.3) is 0 Å². The Kier molecular flexibility index (Phi) is 3.20. The lowest BCUT2D eigenvalue weighted by Crippen LogP contribution is -2.29. The zero-order valence-electron chi connectivity index (χ0n) is 11.3. The lowest BCUT2D eigenvalue weighted by Gasteiger charge is -2.20. The van der Waals surface area contributed by atoms with Crippen molar-refractivity contribution in [2.75, 3.05) is 11.4 Å². The number of sulfonamides is 1. The Hall–Kier alpha value is -1.96. The highest BCUT2D eigenvalue weighted by molar-refractivity contribution is 7.92. The molecule has 1 aromatic heterocycles. The first kappa shape index (κ1) is 14.0. The van der Waals surface area contributed by atoms with Crippen LogP contribution < -0.4 is 4.31 Å². The Morgan fingerprint density at radius 3 is 2.86 bits per heavy atom. The largest absolute Gasteiger partial charge is 0.318 e. The topological polar surface area (TPSA) is 55.2 Å². The van der Waals surface area contributed by atoms with E-state index in [1.54, 1.807) is 4.57 Å². The molecule has 1 aliphatic heterocycles. The summed E-state index contributed by atoms with van der Waals surface area (Å²) < 4.78 is 54.6. The van der Waals surface area contributed by atoms with Gasteiger partial charge in [0.15, 0.2) is 5.03 Å². The highest BCUT2D eigenvalue weighted by atomic mass is 32.2. The van der Waals surface area contributed by atoms with Crippen LogP contribution in [0.3, 0.4) is 0 Å². The molecule has 3 rings (SSSR count). The third-order valence-corrected chi connectivity index (χ3v) is 5.33. The molecular formula is C13H13F2N3O2S. The SMILES string of the molecule is CN(c1cc(F)ccc1F)S(=O)(=O)c1cnc2n1CCC2. The van der Waals surface area contributed by atoms with E-state index in [0.717, 1.165) is 28.9 Å². The van der Waals surface area contributed by atoms with Crippen LogP contribution in [-0.2, 0) is 23.0 Å². The van der Waals surface area contributed by atoms with Crippen LogP contribution in [0.5, 0.6) is 0 Å². The quantitative estimate of drug-likeness (QED) is 0.870. The summed E-state index contributed by atoms with van der Waals surface area (Å²) >= 11 is 0. The summed E-state index contributed by atoms with van der Waals surface area (Å²) in [4.78, 5) is 4.07. The van der Waals surface area contributed by atoms with E-state index in [9.17, 15) is 17.2 Å². The second-order valence-electron chi connectivity index (χ2n) is 4.84. The first-order valence-corrected chi connectivity index (χ1v) is 7.83. The molecule has 0 saturated heterocycles. The van der Waals surface area contributed by atoms with Crippen LogP contribution in [0.4, 0.5) is 14.5 Å². The van der Waals surface area contributed by atoms with Crippen molar-refractivity contribution in [3.8, 4) is 0 Å². The average molecular weight is 313 g/mol. The van der Waals surface area contributed by atoms with Crippen molar-refractivity contribution in [2.24, 2.45) is 0 Å². The molecule has 0 amide bonds. The zero-order chi connectivity index (χ0) is 15.2. The van der Waals surface area contributed by atoms with Gasteiger partial charge in [0.1, 0.15) is 17.5 Å². The Morgan fingerprint density at radius 2 is 2.10 bits per heavy atom. The van der Waals surface area contributed by atoms with Crippen LogP contribution in [0.15, 0.2) is 29.4 Å². The molecule has 1 aromatic carbocycles. The predicted molar refractivity (Wildman–Crippen MR) is 72.5 cm³/mol. The molecule has 112 valence electrons. The lowest BCUT2D eigenvalue weighted by molar-refractivity contribution is 0.571. The molecule has 2 aromatic rings. The maximum absolute atomic E-state index is 13.8.